The molecule has 3 N–H and O–H groups in total. The molecule has 0 spiro atoms. The maximum absolute atomic E-state index is 11.8. The van der Waals surface area contributed by atoms with Gasteiger partial charge in [0.15, 0.2) is 0 Å². The Balaban J connectivity index is 0. The number of nitrogens with one attached hydrogen (secondary N) is 1. The number of halogens is 3. The molecule has 1 aliphatic heterocycles. The van der Waals surface area contributed by atoms with Crippen LogP contribution in [0.1, 0.15) is 20.3 Å². The van der Waals surface area contributed by atoms with Crippen molar-refractivity contribution in [1.82, 2.24) is 10.2 Å². The first kappa shape index (κ1) is 27.5. The first-order chi connectivity index (χ1) is 11.1. The number of para-hydroxylation sites is 1. The second kappa shape index (κ2) is 14.4. The first-order valence-electron chi connectivity index (χ1n) is 8.63. The molecule has 1 fully saturated rings. The molecule has 5 nitrogen and oxygen atoms in total. The molecular formula is C18H33Cl3N4O. The van der Waals surface area contributed by atoms with Crippen LogP contribution in [0.15, 0.2) is 30.3 Å². The summed E-state index contributed by atoms with van der Waals surface area (Å²) in [6.45, 7) is 9.82. The van der Waals surface area contributed by atoms with E-state index in [-0.39, 0.29) is 55.1 Å². The van der Waals surface area contributed by atoms with Gasteiger partial charge in [0.2, 0.25) is 5.91 Å². The molecule has 152 valence electrons. The average molecular weight is 428 g/mol. The van der Waals surface area contributed by atoms with Crippen molar-refractivity contribution in [3.63, 3.8) is 0 Å². The van der Waals surface area contributed by atoms with Crippen molar-refractivity contribution in [1.29, 1.82) is 0 Å². The van der Waals surface area contributed by atoms with E-state index < -0.39 is 0 Å². The molecule has 1 aromatic rings. The van der Waals surface area contributed by atoms with E-state index in [1.54, 1.807) is 0 Å². The number of rotatable bonds is 7. The summed E-state index contributed by atoms with van der Waals surface area (Å²) in [5.74, 6) is -0.0571. The van der Waals surface area contributed by atoms with E-state index in [9.17, 15) is 4.79 Å². The number of carbonyl (C=O) groups excluding carboxylic acids is 1. The minimum absolute atomic E-state index is 0. The van der Waals surface area contributed by atoms with E-state index in [0.717, 1.165) is 45.7 Å². The van der Waals surface area contributed by atoms with Gasteiger partial charge in [-0.2, -0.15) is 0 Å². The molecule has 2 rings (SSSR count). The van der Waals surface area contributed by atoms with Gasteiger partial charge >= 0.3 is 0 Å². The molecule has 1 aliphatic rings. The number of hydrogen-bond acceptors (Lipinski definition) is 4. The third kappa shape index (κ3) is 8.78. The molecule has 1 heterocycles. The van der Waals surface area contributed by atoms with Gasteiger partial charge < -0.3 is 16.0 Å². The standard InChI is InChI=1S/C18H30N4O.3ClH/c1-15(16(2)19)18(23)20-9-6-10-21-11-13-22(14-12-21)17-7-4-3-5-8-17;;;/h3-5,7-8,15-16H,6,9-14,19H2,1-2H3,(H,20,23);3*1H. The molecule has 1 amide bonds. The minimum Gasteiger partial charge on any atom is -0.369 e. The molecule has 2 atom stereocenters. The Bertz CT molecular complexity index is 483. The summed E-state index contributed by atoms with van der Waals surface area (Å²) in [7, 11) is 0. The fourth-order valence-corrected chi connectivity index (χ4v) is 2.78. The Kier molecular flexibility index (Phi) is 15.2. The molecule has 0 aromatic heterocycles. The Labute approximate surface area is 176 Å². The smallest absolute Gasteiger partial charge is 0.224 e. The molecule has 26 heavy (non-hydrogen) atoms. The van der Waals surface area contributed by atoms with Crippen LogP contribution in [-0.4, -0.2) is 56.1 Å². The third-order valence-electron chi connectivity index (χ3n) is 4.65. The maximum atomic E-state index is 11.8. The van der Waals surface area contributed by atoms with E-state index >= 15 is 0 Å². The summed E-state index contributed by atoms with van der Waals surface area (Å²) in [5, 5.41) is 2.98. The predicted octanol–water partition coefficient (Wildman–Crippen LogP) is 2.56. The summed E-state index contributed by atoms with van der Waals surface area (Å²) in [4.78, 5) is 16.7. The highest BCUT2D eigenvalue weighted by Crippen LogP contribution is 2.15. The van der Waals surface area contributed by atoms with Crippen molar-refractivity contribution in [2.24, 2.45) is 11.7 Å². The topological polar surface area (TPSA) is 61.6 Å². The molecule has 1 saturated heterocycles. The van der Waals surface area contributed by atoms with Crippen molar-refractivity contribution in [2.45, 2.75) is 26.3 Å². The fraction of sp³-hybridized carbons (Fsp3) is 0.611. The molecule has 0 saturated carbocycles. The van der Waals surface area contributed by atoms with Crippen LogP contribution in [0, 0.1) is 5.92 Å². The lowest BCUT2D eigenvalue weighted by molar-refractivity contribution is -0.124. The molecule has 0 radical (unpaired) electrons. The Morgan fingerprint density at radius 2 is 1.65 bits per heavy atom. The van der Waals surface area contributed by atoms with Crippen molar-refractivity contribution >= 4 is 48.8 Å². The fourth-order valence-electron chi connectivity index (χ4n) is 2.78. The number of nitrogens with two attached hydrogens (primary N) is 1. The summed E-state index contributed by atoms with van der Waals surface area (Å²) in [5.41, 5.74) is 7.05. The van der Waals surface area contributed by atoms with Crippen LogP contribution in [0.2, 0.25) is 0 Å². The number of hydrogen-bond donors (Lipinski definition) is 2. The SMILES string of the molecule is CC(N)C(C)C(=O)NCCCN1CCN(c2ccccc2)CC1.Cl.Cl.Cl. The minimum atomic E-state index is -0.121. The van der Waals surface area contributed by atoms with Crippen molar-refractivity contribution in [3.8, 4) is 0 Å². The van der Waals surface area contributed by atoms with Gasteiger partial charge in [-0.05, 0) is 32.0 Å². The number of nitrogens with zero attached hydrogens (tertiary/aromatic N) is 2. The average Bonchev–Trinajstić information content (AvgIpc) is 2.59. The zero-order valence-electron chi connectivity index (χ0n) is 15.6. The molecule has 8 heteroatoms. The van der Waals surface area contributed by atoms with Gasteiger partial charge in [-0.15, -0.1) is 37.2 Å². The second-order valence-corrected chi connectivity index (χ2v) is 6.46. The van der Waals surface area contributed by atoms with Crippen molar-refractivity contribution < 1.29 is 4.79 Å². The van der Waals surface area contributed by atoms with E-state index in [0.29, 0.717) is 0 Å². The van der Waals surface area contributed by atoms with Crippen LogP contribution >= 0.6 is 37.2 Å². The lowest BCUT2D eigenvalue weighted by atomic mass is 10.0. The molecule has 0 bridgehead atoms. The van der Waals surface area contributed by atoms with Gasteiger partial charge in [-0.1, -0.05) is 25.1 Å². The third-order valence-corrected chi connectivity index (χ3v) is 4.65. The summed E-state index contributed by atoms with van der Waals surface area (Å²) >= 11 is 0. The van der Waals surface area contributed by atoms with Gasteiger partial charge in [-0.25, -0.2) is 0 Å². The van der Waals surface area contributed by atoms with Gasteiger partial charge in [0.05, 0.1) is 0 Å². The number of piperazine rings is 1. The number of anilines is 1. The quantitative estimate of drug-likeness (QED) is 0.657. The van der Waals surface area contributed by atoms with Crippen molar-refractivity contribution in [2.75, 3.05) is 44.2 Å². The Morgan fingerprint density at radius 1 is 1.08 bits per heavy atom. The predicted molar refractivity (Wildman–Crippen MR) is 117 cm³/mol. The molecule has 1 aromatic carbocycles. The first-order valence-corrected chi connectivity index (χ1v) is 8.63. The maximum Gasteiger partial charge on any atom is 0.224 e. The zero-order valence-corrected chi connectivity index (χ0v) is 18.0. The number of carbonyl (C=O) groups is 1. The summed E-state index contributed by atoms with van der Waals surface area (Å²) in [6, 6.07) is 10.5. The molecular weight excluding hydrogens is 395 g/mol. The van der Waals surface area contributed by atoms with Crippen LogP contribution in [0.4, 0.5) is 5.69 Å². The van der Waals surface area contributed by atoms with Crippen LogP contribution in [-0.2, 0) is 4.79 Å². The summed E-state index contributed by atoms with van der Waals surface area (Å²) in [6.07, 6.45) is 0.989. The molecule has 2 unspecified atom stereocenters. The lowest BCUT2D eigenvalue weighted by Crippen LogP contribution is -2.47. The highest BCUT2D eigenvalue weighted by atomic mass is 35.5. The van der Waals surface area contributed by atoms with Crippen LogP contribution in [0.25, 0.3) is 0 Å². The van der Waals surface area contributed by atoms with Gasteiger partial charge in [-0.3, -0.25) is 9.69 Å². The zero-order chi connectivity index (χ0) is 16.7. The monoisotopic (exact) mass is 426 g/mol. The van der Waals surface area contributed by atoms with Crippen LogP contribution in [0.3, 0.4) is 0 Å². The van der Waals surface area contributed by atoms with E-state index in [1.165, 1.54) is 5.69 Å². The van der Waals surface area contributed by atoms with Crippen LogP contribution < -0.4 is 16.0 Å². The van der Waals surface area contributed by atoms with E-state index in [4.69, 9.17) is 5.73 Å². The number of amides is 1. The van der Waals surface area contributed by atoms with E-state index in [2.05, 4.69) is 45.4 Å². The normalized spacial score (nSPS) is 16.3. The number of benzene rings is 1. The van der Waals surface area contributed by atoms with Crippen LogP contribution in [0.5, 0.6) is 0 Å². The Morgan fingerprint density at radius 3 is 2.19 bits per heavy atom. The van der Waals surface area contributed by atoms with Gasteiger partial charge in [0, 0.05) is 50.4 Å². The molecule has 0 aliphatic carbocycles. The van der Waals surface area contributed by atoms with E-state index in [1.807, 2.05) is 13.8 Å². The lowest BCUT2D eigenvalue weighted by Gasteiger charge is -2.36. The Hall–Kier alpha value is -0.720. The highest BCUT2D eigenvalue weighted by molar-refractivity contribution is 5.86. The second-order valence-electron chi connectivity index (χ2n) is 6.46. The largest absolute Gasteiger partial charge is 0.369 e. The highest BCUT2D eigenvalue weighted by Gasteiger charge is 2.18. The van der Waals surface area contributed by atoms with Crippen molar-refractivity contribution in [3.05, 3.63) is 30.3 Å². The van der Waals surface area contributed by atoms with Gasteiger partial charge in [0.1, 0.15) is 0 Å². The van der Waals surface area contributed by atoms with Gasteiger partial charge in [0.25, 0.3) is 0 Å². The summed E-state index contributed by atoms with van der Waals surface area (Å²) < 4.78 is 0.